The molecule has 1 fully saturated rings. The van der Waals surface area contributed by atoms with Gasteiger partial charge in [-0.15, -0.1) is 0 Å². The number of carbonyl (C=O) groups is 1. The molecule has 1 aliphatic rings. The Labute approximate surface area is 190 Å². The summed E-state index contributed by atoms with van der Waals surface area (Å²) in [7, 11) is 0. The van der Waals surface area contributed by atoms with Gasteiger partial charge in [0, 0.05) is 35.6 Å². The summed E-state index contributed by atoms with van der Waals surface area (Å²) < 4.78 is 3.35. The first kappa shape index (κ1) is 20.0. The topological polar surface area (TPSA) is 38.1 Å². The van der Waals surface area contributed by atoms with Crippen LogP contribution in [0.1, 0.15) is 34.9 Å². The van der Waals surface area contributed by atoms with Crippen molar-refractivity contribution in [3.63, 3.8) is 0 Å². The molecule has 2 heterocycles. The third-order valence-corrected chi connectivity index (χ3v) is 6.47. The maximum absolute atomic E-state index is 13.0. The average Bonchev–Trinajstić information content (AvgIpc) is 3.30. The van der Waals surface area contributed by atoms with Crippen LogP contribution in [0.15, 0.2) is 71.2 Å². The van der Waals surface area contributed by atoms with Crippen LogP contribution < -0.4 is 4.90 Å². The minimum atomic E-state index is 0.0659. The Morgan fingerprint density at radius 1 is 1.00 bits per heavy atom. The number of anilines is 1. The molecule has 1 amide bonds. The van der Waals surface area contributed by atoms with E-state index in [1.54, 1.807) is 0 Å². The minimum Gasteiger partial charge on any atom is -0.323 e. The number of hydrogen-bond acceptors (Lipinski definition) is 2. The van der Waals surface area contributed by atoms with Gasteiger partial charge in [0.25, 0.3) is 0 Å². The Bertz CT molecular complexity index is 1260. The van der Waals surface area contributed by atoms with Crippen molar-refractivity contribution in [3.05, 3.63) is 93.7 Å². The van der Waals surface area contributed by atoms with Crippen molar-refractivity contribution in [1.82, 2.24) is 9.55 Å². The van der Waals surface area contributed by atoms with Crippen LogP contribution in [0.5, 0.6) is 0 Å². The van der Waals surface area contributed by atoms with Crippen molar-refractivity contribution < 1.29 is 4.79 Å². The Balaban J connectivity index is 1.52. The van der Waals surface area contributed by atoms with Crippen LogP contribution >= 0.6 is 15.9 Å². The van der Waals surface area contributed by atoms with Crippen molar-refractivity contribution in [2.45, 2.75) is 32.7 Å². The highest BCUT2D eigenvalue weighted by Gasteiger charge is 2.35. The molecule has 5 rings (SSSR count). The SMILES string of the molecule is Cc1cc(C)cc(N2CC(c3nc4ccccc4n3Cc3ccc(Br)cc3)CC2=O)c1. The van der Waals surface area contributed by atoms with Gasteiger partial charge in [-0.1, -0.05) is 46.3 Å². The molecule has 3 aromatic carbocycles. The molecule has 1 atom stereocenters. The lowest BCUT2D eigenvalue weighted by Crippen LogP contribution is -2.24. The number of carbonyl (C=O) groups excluding carboxylic acids is 1. The van der Waals surface area contributed by atoms with Crippen molar-refractivity contribution in [2.24, 2.45) is 0 Å². The van der Waals surface area contributed by atoms with Crippen LogP contribution in [0.3, 0.4) is 0 Å². The number of hydrogen-bond donors (Lipinski definition) is 0. The molecule has 31 heavy (non-hydrogen) atoms. The third kappa shape index (κ3) is 3.90. The second kappa shape index (κ2) is 7.97. The molecule has 1 unspecified atom stereocenters. The number of halogens is 1. The van der Waals surface area contributed by atoms with Gasteiger partial charge in [-0.05, 0) is 66.9 Å². The summed E-state index contributed by atoms with van der Waals surface area (Å²) in [6.07, 6.45) is 0.483. The van der Waals surface area contributed by atoms with Gasteiger partial charge in [-0.2, -0.15) is 0 Å². The van der Waals surface area contributed by atoms with Gasteiger partial charge in [0.15, 0.2) is 0 Å². The summed E-state index contributed by atoms with van der Waals surface area (Å²) in [6.45, 7) is 5.54. The molecule has 4 aromatic rings. The van der Waals surface area contributed by atoms with Gasteiger partial charge in [0.05, 0.1) is 11.0 Å². The van der Waals surface area contributed by atoms with Crippen molar-refractivity contribution in [2.75, 3.05) is 11.4 Å². The van der Waals surface area contributed by atoms with Gasteiger partial charge in [-0.25, -0.2) is 4.98 Å². The van der Waals surface area contributed by atoms with Crippen LogP contribution in [-0.4, -0.2) is 22.0 Å². The Hall–Kier alpha value is -2.92. The molecule has 4 nitrogen and oxygen atoms in total. The Kier molecular flexibility index (Phi) is 5.14. The lowest BCUT2D eigenvalue weighted by Gasteiger charge is -2.19. The maximum Gasteiger partial charge on any atom is 0.227 e. The number of benzene rings is 3. The van der Waals surface area contributed by atoms with Crippen LogP contribution in [0.4, 0.5) is 5.69 Å². The highest BCUT2D eigenvalue weighted by molar-refractivity contribution is 9.10. The monoisotopic (exact) mass is 473 g/mol. The molecule has 0 aliphatic carbocycles. The number of aromatic nitrogens is 2. The fourth-order valence-electron chi connectivity index (χ4n) is 4.58. The zero-order chi connectivity index (χ0) is 21.5. The Morgan fingerprint density at radius 2 is 1.71 bits per heavy atom. The molecule has 5 heteroatoms. The number of fused-ring (bicyclic) bond motifs is 1. The number of amides is 1. The van der Waals surface area contributed by atoms with Crippen molar-refractivity contribution >= 4 is 38.6 Å². The fourth-order valence-corrected chi connectivity index (χ4v) is 4.85. The molecule has 156 valence electrons. The number of imidazole rings is 1. The quantitative estimate of drug-likeness (QED) is 0.365. The first-order valence-electron chi connectivity index (χ1n) is 10.6. The summed E-state index contributed by atoms with van der Waals surface area (Å²) in [5, 5.41) is 0. The number of para-hydroxylation sites is 2. The van der Waals surface area contributed by atoms with E-state index in [0.717, 1.165) is 33.6 Å². The standard InChI is InChI=1S/C26H24BrN3O/c1-17-11-18(2)13-22(12-17)29-16-20(14-25(29)31)26-28-23-5-3-4-6-24(23)30(26)15-19-7-9-21(27)10-8-19/h3-13,20H,14-16H2,1-2H3. The van der Waals surface area contributed by atoms with E-state index in [4.69, 9.17) is 4.98 Å². The van der Waals surface area contributed by atoms with E-state index in [0.29, 0.717) is 13.0 Å². The van der Waals surface area contributed by atoms with Crippen LogP contribution in [0.2, 0.25) is 0 Å². The summed E-state index contributed by atoms with van der Waals surface area (Å²) >= 11 is 3.51. The average molecular weight is 474 g/mol. The van der Waals surface area contributed by atoms with E-state index in [2.05, 4.69) is 88.9 Å². The first-order chi connectivity index (χ1) is 15.0. The van der Waals surface area contributed by atoms with Crippen molar-refractivity contribution in [3.8, 4) is 0 Å². The molecular weight excluding hydrogens is 450 g/mol. The number of rotatable bonds is 4. The largest absolute Gasteiger partial charge is 0.323 e. The maximum atomic E-state index is 13.0. The highest BCUT2D eigenvalue weighted by Crippen LogP contribution is 2.34. The zero-order valence-corrected chi connectivity index (χ0v) is 19.3. The second-order valence-corrected chi connectivity index (χ2v) is 9.34. The molecule has 1 aliphatic heterocycles. The molecule has 0 saturated carbocycles. The normalized spacial score (nSPS) is 16.4. The number of aryl methyl sites for hydroxylation is 2. The van der Waals surface area contributed by atoms with Crippen molar-refractivity contribution in [1.29, 1.82) is 0 Å². The lowest BCUT2D eigenvalue weighted by atomic mass is 10.1. The summed E-state index contributed by atoms with van der Waals surface area (Å²) in [6, 6.07) is 22.9. The summed E-state index contributed by atoms with van der Waals surface area (Å²) in [4.78, 5) is 19.9. The predicted molar refractivity (Wildman–Crippen MR) is 129 cm³/mol. The van der Waals surface area contributed by atoms with Gasteiger partial charge < -0.3 is 9.47 Å². The highest BCUT2D eigenvalue weighted by atomic mass is 79.9. The van der Waals surface area contributed by atoms with Gasteiger partial charge in [0.1, 0.15) is 5.82 Å². The van der Waals surface area contributed by atoms with Gasteiger partial charge in [0.2, 0.25) is 5.91 Å². The van der Waals surface area contributed by atoms with E-state index in [1.807, 2.05) is 17.0 Å². The number of nitrogens with zero attached hydrogens (tertiary/aromatic N) is 3. The van der Waals surface area contributed by atoms with E-state index >= 15 is 0 Å². The van der Waals surface area contributed by atoms with Crippen LogP contribution in [0.25, 0.3) is 11.0 Å². The first-order valence-corrected chi connectivity index (χ1v) is 11.4. The zero-order valence-electron chi connectivity index (χ0n) is 17.7. The third-order valence-electron chi connectivity index (χ3n) is 5.95. The smallest absolute Gasteiger partial charge is 0.227 e. The van der Waals surface area contributed by atoms with Crippen LogP contribution in [0, 0.1) is 13.8 Å². The molecule has 0 bridgehead atoms. The van der Waals surface area contributed by atoms with Crippen LogP contribution in [-0.2, 0) is 11.3 Å². The molecule has 0 spiro atoms. The lowest BCUT2D eigenvalue weighted by molar-refractivity contribution is -0.117. The van der Waals surface area contributed by atoms with E-state index < -0.39 is 0 Å². The molecular formula is C26H24BrN3O. The fraction of sp³-hybridized carbons (Fsp3) is 0.231. The molecule has 0 radical (unpaired) electrons. The van der Waals surface area contributed by atoms with E-state index in [1.165, 1.54) is 16.7 Å². The van der Waals surface area contributed by atoms with E-state index in [9.17, 15) is 4.79 Å². The molecule has 0 N–H and O–H groups in total. The van der Waals surface area contributed by atoms with Gasteiger partial charge >= 0.3 is 0 Å². The molecule has 1 aromatic heterocycles. The predicted octanol–water partition coefficient (Wildman–Crippen LogP) is 5.98. The molecule has 1 saturated heterocycles. The summed E-state index contributed by atoms with van der Waals surface area (Å²) in [5.74, 6) is 1.22. The van der Waals surface area contributed by atoms with Gasteiger partial charge in [-0.3, -0.25) is 4.79 Å². The second-order valence-electron chi connectivity index (χ2n) is 8.42. The minimum absolute atomic E-state index is 0.0659. The summed E-state index contributed by atoms with van der Waals surface area (Å²) in [5.41, 5.74) is 6.63. The Morgan fingerprint density at radius 3 is 2.45 bits per heavy atom. The van der Waals surface area contributed by atoms with E-state index in [-0.39, 0.29) is 11.8 Å².